The van der Waals surface area contributed by atoms with Crippen molar-refractivity contribution < 1.29 is 14.6 Å². The second kappa shape index (κ2) is 4.47. The van der Waals surface area contributed by atoms with Gasteiger partial charge in [-0.25, -0.2) is 0 Å². The first kappa shape index (κ1) is 10.9. The van der Waals surface area contributed by atoms with Crippen LogP contribution in [-0.4, -0.2) is 49.0 Å². The van der Waals surface area contributed by atoms with Crippen LogP contribution < -0.4 is 10.6 Å². The molecule has 2 rings (SSSR count). The molecule has 86 valence electrons. The Hall–Kier alpha value is -0.650. The summed E-state index contributed by atoms with van der Waals surface area (Å²) in [5, 5.41) is 15.1. The number of carbonyl (C=O) groups is 1. The molecule has 2 fully saturated rings. The van der Waals surface area contributed by atoms with Crippen molar-refractivity contribution in [2.45, 2.75) is 30.9 Å². The largest absolute Gasteiger partial charge is 0.394 e. The Morgan fingerprint density at radius 2 is 2.40 bits per heavy atom. The van der Waals surface area contributed by atoms with Gasteiger partial charge < -0.3 is 20.5 Å². The lowest BCUT2D eigenvalue weighted by atomic mass is 10.2. The molecular weight excluding hydrogens is 196 g/mol. The Balaban J connectivity index is 1.72. The summed E-state index contributed by atoms with van der Waals surface area (Å²) in [7, 11) is 0. The highest BCUT2D eigenvalue weighted by molar-refractivity contribution is 5.77. The van der Waals surface area contributed by atoms with Crippen molar-refractivity contribution in [3.05, 3.63) is 0 Å². The van der Waals surface area contributed by atoms with Crippen molar-refractivity contribution in [1.29, 1.82) is 0 Å². The topological polar surface area (TPSA) is 70.6 Å². The lowest BCUT2D eigenvalue weighted by Gasteiger charge is -2.24. The first-order valence-electron chi connectivity index (χ1n) is 5.48. The van der Waals surface area contributed by atoms with Crippen LogP contribution in [0.2, 0.25) is 0 Å². The molecular formula is C10H18N2O3. The fourth-order valence-corrected chi connectivity index (χ4v) is 1.78. The molecule has 3 N–H and O–H groups in total. The Morgan fingerprint density at radius 1 is 1.60 bits per heavy atom. The molecule has 0 spiro atoms. The number of aliphatic hydroxyl groups excluding tert-OH is 1. The minimum atomic E-state index is -0.306. The van der Waals surface area contributed by atoms with Gasteiger partial charge in [0.1, 0.15) is 0 Å². The predicted molar refractivity (Wildman–Crippen MR) is 54.4 cm³/mol. The first-order valence-corrected chi connectivity index (χ1v) is 5.48. The first-order chi connectivity index (χ1) is 7.24. The summed E-state index contributed by atoms with van der Waals surface area (Å²) in [5.74, 6) is -0.0183. The Bertz CT molecular complexity index is 235. The normalized spacial score (nSPS) is 28.5. The Morgan fingerprint density at radius 3 is 2.93 bits per heavy atom. The molecule has 1 aliphatic heterocycles. The van der Waals surface area contributed by atoms with Crippen molar-refractivity contribution >= 4 is 5.91 Å². The number of hydrogen-bond acceptors (Lipinski definition) is 4. The molecule has 15 heavy (non-hydrogen) atoms. The van der Waals surface area contributed by atoms with E-state index < -0.39 is 0 Å². The fraction of sp³-hybridized carbons (Fsp3) is 0.900. The van der Waals surface area contributed by atoms with Crippen molar-refractivity contribution in [2.75, 3.05) is 26.3 Å². The smallest absolute Gasteiger partial charge is 0.223 e. The average molecular weight is 214 g/mol. The number of amides is 1. The highest BCUT2D eigenvalue weighted by atomic mass is 16.5. The molecule has 0 aromatic rings. The van der Waals surface area contributed by atoms with Gasteiger partial charge >= 0.3 is 0 Å². The van der Waals surface area contributed by atoms with Gasteiger partial charge in [-0.3, -0.25) is 4.79 Å². The van der Waals surface area contributed by atoms with Gasteiger partial charge in [-0.05, 0) is 12.8 Å². The van der Waals surface area contributed by atoms with Crippen LogP contribution in [0.5, 0.6) is 0 Å². The van der Waals surface area contributed by atoms with Crippen LogP contribution in [0.25, 0.3) is 0 Å². The highest BCUT2D eigenvalue weighted by Gasteiger charge is 2.43. The third-order valence-electron chi connectivity index (χ3n) is 2.98. The maximum atomic E-state index is 11.6. The molecule has 1 unspecified atom stereocenters. The summed E-state index contributed by atoms with van der Waals surface area (Å²) in [6.45, 7) is 2.31. The highest BCUT2D eigenvalue weighted by Crippen LogP contribution is 2.34. The molecule has 0 aromatic heterocycles. The second-order valence-corrected chi connectivity index (χ2v) is 4.39. The number of hydrogen-bond donors (Lipinski definition) is 3. The molecule has 1 saturated carbocycles. The molecule has 0 radical (unpaired) electrons. The van der Waals surface area contributed by atoms with Crippen LogP contribution in [0.3, 0.4) is 0 Å². The van der Waals surface area contributed by atoms with Crippen molar-refractivity contribution in [1.82, 2.24) is 10.6 Å². The number of rotatable bonds is 4. The van der Waals surface area contributed by atoms with E-state index in [2.05, 4.69) is 10.6 Å². The molecule has 1 aliphatic carbocycles. The maximum absolute atomic E-state index is 11.6. The van der Waals surface area contributed by atoms with Crippen molar-refractivity contribution in [3.8, 4) is 0 Å². The van der Waals surface area contributed by atoms with E-state index in [9.17, 15) is 4.79 Å². The predicted octanol–water partition coefficient (Wildman–Crippen LogP) is -0.994. The van der Waals surface area contributed by atoms with Gasteiger partial charge in [0.25, 0.3) is 0 Å². The molecule has 2 aliphatic rings. The minimum absolute atomic E-state index is 0.0183. The van der Waals surface area contributed by atoms with Crippen LogP contribution >= 0.6 is 0 Å². The van der Waals surface area contributed by atoms with E-state index in [-0.39, 0.29) is 24.2 Å². The molecule has 1 heterocycles. The van der Waals surface area contributed by atoms with E-state index >= 15 is 0 Å². The molecule has 1 saturated heterocycles. The molecule has 5 heteroatoms. The van der Waals surface area contributed by atoms with Crippen LogP contribution in [0.1, 0.15) is 19.3 Å². The van der Waals surface area contributed by atoms with Gasteiger partial charge in [-0.15, -0.1) is 0 Å². The second-order valence-electron chi connectivity index (χ2n) is 4.39. The van der Waals surface area contributed by atoms with Crippen LogP contribution in [0, 0.1) is 0 Å². The summed E-state index contributed by atoms with van der Waals surface area (Å²) in [5.41, 5.74) is -0.306. The SMILES string of the molecule is O=C(CC1CNCCO1)NC1(CO)CC1. The summed E-state index contributed by atoms with van der Waals surface area (Å²) in [6.07, 6.45) is 2.14. The molecule has 1 atom stereocenters. The van der Waals surface area contributed by atoms with E-state index in [0.29, 0.717) is 13.0 Å². The van der Waals surface area contributed by atoms with Gasteiger partial charge in [0.05, 0.1) is 31.3 Å². The van der Waals surface area contributed by atoms with Crippen LogP contribution in [0.4, 0.5) is 0 Å². The molecule has 1 amide bonds. The van der Waals surface area contributed by atoms with Gasteiger partial charge in [0, 0.05) is 13.1 Å². The van der Waals surface area contributed by atoms with E-state index in [1.165, 1.54) is 0 Å². The molecule has 0 aromatic carbocycles. The number of carbonyl (C=O) groups excluding carboxylic acids is 1. The Kier molecular flexibility index (Phi) is 3.23. The van der Waals surface area contributed by atoms with E-state index in [1.807, 2.05) is 0 Å². The van der Waals surface area contributed by atoms with Crippen LogP contribution in [-0.2, 0) is 9.53 Å². The van der Waals surface area contributed by atoms with Gasteiger partial charge in [0.2, 0.25) is 5.91 Å². The van der Waals surface area contributed by atoms with Crippen molar-refractivity contribution in [2.24, 2.45) is 0 Å². The zero-order valence-electron chi connectivity index (χ0n) is 8.79. The minimum Gasteiger partial charge on any atom is -0.394 e. The van der Waals surface area contributed by atoms with E-state index in [4.69, 9.17) is 9.84 Å². The van der Waals surface area contributed by atoms with Gasteiger partial charge in [-0.1, -0.05) is 0 Å². The van der Waals surface area contributed by atoms with Gasteiger partial charge in [0.15, 0.2) is 0 Å². The zero-order chi connectivity index (χ0) is 10.7. The number of ether oxygens (including phenoxy) is 1. The third kappa shape index (κ3) is 2.90. The van der Waals surface area contributed by atoms with E-state index in [1.54, 1.807) is 0 Å². The van der Waals surface area contributed by atoms with Crippen molar-refractivity contribution in [3.63, 3.8) is 0 Å². The lowest BCUT2D eigenvalue weighted by molar-refractivity contribution is -0.125. The third-order valence-corrected chi connectivity index (χ3v) is 2.98. The fourth-order valence-electron chi connectivity index (χ4n) is 1.78. The quantitative estimate of drug-likeness (QED) is 0.562. The number of aliphatic hydroxyl groups is 1. The lowest BCUT2D eigenvalue weighted by Crippen LogP contribution is -2.45. The summed E-state index contributed by atoms with van der Waals surface area (Å²) in [6, 6.07) is 0. The molecule has 5 nitrogen and oxygen atoms in total. The van der Waals surface area contributed by atoms with Crippen LogP contribution in [0.15, 0.2) is 0 Å². The van der Waals surface area contributed by atoms with Gasteiger partial charge in [-0.2, -0.15) is 0 Å². The standard InChI is InChI=1S/C10H18N2O3/c13-7-10(1-2-10)12-9(14)5-8-6-11-3-4-15-8/h8,11,13H,1-7H2,(H,12,14). The number of morpholine rings is 1. The summed E-state index contributed by atoms with van der Waals surface area (Å²) in [4.78, 5) is 11.6. The maximum Gasteiger partial charge on any atom is 0.223 e. The summed E-state index contributed by atoms with van der Waals surface area (Å²) >= 11 is 0. The monoisotopic (exact) mass is 214 g/mol. The number of nitrogens with one attached hydrogen (secondary N) is 2. The zero-order valence-corrected chi connectivity index (χ0v) is 8.79. The Labute approximate surface area is 89.2 Å². The average Bonchev–Trinajstić information content (AvgIpc) is 3.00. The summed E-state index contributed by atoms with van der Waals surface area (Å²) < 4.78 is 5.43. The van der Waals surface area contributed by atoms with E-state index in [0.717, 1.165) is 25.9 Å². The molecule has 0 bridgehead atoms.